The summed E-state index contributed by atoms with van der Waals surface area (Å²) in [6.07, 6.45) is 1.04. The second-order valence-corrected chi connectivity index (χ2v) is 9.58. The summed E-state index contributed by atoms with van der Waals surface area (Å²) in [6.45, 7) is 6.53. The van der Waals surface area contributed by atoms with E-state index in [0.717, 1.165) is 16.8 Å². The van der Waals surface area contributed by atoms with E-state index in [1.165, 1.54) is 6.07 Å². The molecule has 0 unspecified atom stereocenters. The Hall–Kier alpha value is -3.61. The summed E-state index contributed by atoms with van der Waals surface area (Å²) in [5, 5.41) is 8.98. The van der Waals surface area contributed by atoms with Crippen LogP contribution < -0.4 is 14.2 Å². The maximum Gasteiger partial charge on any atom is 0.303 e. The summed E-state index contributed by atoms with van der Waals surface area (Å²) in [6, 6.07) is 13.7. The number of carbonyl (C=O) groups is 1. The molecule has 0 atom stereocenters. The number of carboxylic acid groups (broad SMARTS) is 1. The van der Waals surface area contributed by atoms with E-state index in [4.69, 9.17) is 24.3 Å². The summed E-state index contributed by atoms with van der Waals surface area (Å²) < 4.78 is 31.4. The molecule has 1 heterocycles. The molecule has 0 saturated heterocycles. The van der Waals surface area contributed by atoms with Gasteiger partial charge in [0.1, 0.15) is 29.7 Å². The van der Waals surface area contributed by atoms with Crippen molar-refractivity contribution in [2.75, 3.05) is 14.2 Å². The lowest BCUT2D eigenvalue weighted by Gasteiger charge is -2.21. The third kappa shape index (κ3) is 7.44. The van der Waals surface area contributed by atoms with Gasteiger partial charge >= 0.3 is 5.97 Å². The summed E-state index contributed by atoms with van der Waals surface area (Å²) in [7, 11) is 3.11. The second-order valence-electron chi connectivity index (χ2n) is 9.58. The Bertz CT molecular complexity index is 1190. The van der Waals surface area contributed by atoms with Crippen LogP contribution in [0.4, 0.5) is 4.39 Å². The van der Waals surface area contributed by atoms with E-state index in [1.807, 2.05) is 18.2 Å². The minimum absolute atomic E-state index is 0.0205. The summed E-state index contributed by atoms with van der Waals surface area (Å²) >= 11 is 0. The fraction of sp³-hybridized carbons (Fsp3) is 0.357. The van der Waals surface area contributed by atoms with Crippen LogP contribution in [0.3, 0.4) is 0 Å². The molecule has 1 N–H and O–H groups in total. The van der Waals surface area contributed by atoms with E-state index in [1.54, 1.807) is 38.5 Å². The van der Waals surface area contributed by atoms with E-state index in [0.29, 0.717) is 41.3 Å². The average molecular weight is 482 g/mol. The van der Waals surface area contributed by atoms with Gasteiger partial charge in [0.05, 0.1) is 19.9 Å². The lowest BCUT2D eigenvalue weighted by Crippen LogP contribution is -2.13. The number of aryl methyl sites for hydroxylation is 1. The molecule has 0 amide bonds. The van der Waals surface area contributed by atoms with Crippen LogP contribution in [-0.2, 0) is 24.2 Å². The van der Waals surface area contributed by atoms with Gasteiger partial charge in [0.25, 0.3) is 0 Å². The number of hydrogen-bond donors (Lipinski definition) is 1. The number of nitrogens with zero attached hydrogens (tertiary/aromatic N) is 1. The molecule has 0 aliphatic carbocycles. The summed E-state index contributed by atoms with van der Waals surface area (Å²) in [5.41, 5.74) is 3.39. The lowest BCUT2D eigenvalue weighted by molar-refractivity contribution is -0.136. The Morgan fingerprint density at radius 2 is 1.66 bits per heavy atom. The molecule has 0 aliphatic rings. The number of rotatable bonds is 10. The van der Waals surface area contributed by atoms with Gasteiger partial charge in [-0.15, -0.1) is 0 Å². The van der Waals surface area contributed by atoms with Gasteiger partial charge in [0, 0.05) is 29.3 Å². The first-order chi connectivity index (χ1) is 16.6. The number of aromatic nitrogens is 1. The van der Waals surface area contributed by atoms with Crippen molar-refractivity contribution < 1.29 is 28.5 Å². The van der Waals surface area contributed by atoms with Crippen LogP contribution in [0.25, 0.3) is 11.1 Å². The zero-order valence-corrected chi connectivity index (χ0v) is 20.9. The maximum atomic E-state index is 14.7. The van der Waals surface area contributed by atoms with Crippen molar-refractivity contribution in [1.82, 2.24) is 4.98 Å². The molecule has 0 radical (unpaired) electrons. The molecule has 3 rings (SSSR count). The van der Waals surface area contributed by atoms with Crippen molar-refractivity contribution in [2.24, 2.45) is 5.41 Å². The fourth-order valence-electron chi connectivity index (χ4n) is 3.73. The first-order valence-electron chi connectivity index (χ1n) is 11.4. The zero-order chi connectivity index (χ0) is 25.6. The number of methoxy groups -OCH3 is 2. The molecule has 0 fully saturated rings. The SMILES string of the molecule is COc1cc(CCC(=O)O)cc(OCc2ccc(-c3cc(OC)ccc3F)c(CC(C)(C)C)n2)c1. The smallest absolute Gasteiger partial charge is 0.303 e. The van der Waals surface area contributed by atoms with Crippen molar-refractivity contribution in [3.05, 3.63) is 71.3 Å². The Kier molecular flexibility index (Phi) is 8.33. The molecule has 3 aromatic rings. The topological polar surface area (TPSA) is 77.9 Å². The zero-order valence-electron chi connectivity index (χ0n) is 20.9. The van der Waals surface area contributed by atoms with Crippen LogP contribution in [0, 0.1) is 11.2 Å². The minimum atomic E-state index is -0.863. The van der Waals surface area contributed by atoms with Gasteiger partial charge in [0.15, 0.2) is 0 Å². The molecule has 0 bridgehead atoms. The third-order valence-electron chi connectivity index (χ3n) is 5.38. The second kappa shape index (κ2) is 11.2. The normalized spacial score (nSPS) is 11.3. The van der Waals surface area contributed by atoms with Gasteiger partial charge in [-0.05, 0) is 60.2 Å². The Balaban J connectivity index is 1.89. The van der Waals surface area contributed by atoms with E-state index in [9.17, 15) is 9.18 Å². The van der Waals surface area contributed by atoms with Gasteiger partial charge in [-0.25, -0.2) is 4.39 Å². The molecule has 7 heteroatoms. The molecule has 35 heavy (non-hydrogen) atoms. The number of pyridine rings is 1. The Morgan fingerprint density at radius 3 is 2.31 bits per heavy atom. The predicted molar refractivity (Wildman–Crippen MR) is 133 cm³/mol. The monoisotopic (exact) mass is 481 g/mol. The van der Waals surface area contributed by atoms with E-state index >= 15 is 0 Å². The quantitative estimate of drug-likeness (QED) is 0.378. The summed E-state index contributed by atoms with van der Waals surface area (Å²) in [5.74, 6) is 0.530. The molecule has 6 nitrogen and oxygen atoms in total. The highest BCUT2D eigenvalue weighted by atomic mass is 19.1. The standard InChI is InChI=1S/C28H32FNO5/c1-28(2,3)16-26-23(24-15-20(33-4)8-10-25(24)29)9-7-19(30-26)17-35-22-13-18(6-11-27(31)32)12-21(14-22)34-5/h7-10,12-15H,6,11,16-17H2,1-5H3,(H,31,32). The van der Waals surface area contributed by atoms with E-state index in [2.05, 4.69) is 20.8 Å². The molecule has 2 aromatic carbocycles. The molecule has 0 spiro atoms. The number of benzene rings is 2. The van der Waals surface area contributed by atoms with Gasteiger partial charge in [-0.3, -0.25) is 9.78 Å². The minimum Gasteiger partial charge on any atom is -0.497 e. The van der Waals surface area contributed by atoms with Crippen LogP contribution >= 0.6 is 0 Å². The molecule has 0 saturated carbocycles. The number of hydrogen-bond acceptors (Lipinski definition) is 5. The van der Waals surface area contributed by atoms with Crippen molar-refractivity contribution in [3.8, 4) is 28.4 Å². The van der Waals surface area contributed by atoms with E-state index < -0.39 is 5.97 Å². The number of carboxylic acids is 1. The van der Waals surface area contributed by atoms with Crippen molar-refractivity contribution in [2.45, 2.75) is 46.6 Å². The van der Waals surface area contributed by atoms with Crippen molar-refractivity contribution >= 4 is 5.97 Å². The van der Waals surface area contributed by atoms with Crippen molar-refractivity contribution in [1.29, 1.82) is 0 Å². The average Bonchev–Trinajstić information content (AvgIpc) is 2.81. The highest BCUT2D eigenvalue weighted by Crippen LogP contribution is 2.33. The van der Waals surface area contributed by atoms with Crippen molar-refractivity contribution in [3.63, 3.8) is 0 Å². The van der Waals surface area contributed by atoms with Gasteiger partial charge in [-0.2, -0.15) is 0 Å². The van der Waals surface area contributed by atoms with E-state index in [-0.39, 0.29) is 24.3 Å². The first-order valence-corrected chi connectivity index (χ1v) is 11.4. The van der Waals surface area contributed by atoms with Crippen LogP contribution in [0.5, 0.6) is 17.2 Å². The molecular weight excluding hydrogens is 449 g/mol. The van der Waals surface area contributed by atoms with Crippen LogP contribution in [0.1, 0.15) is 44.1 Å². The Morgan fingerprint density at radius 1 is 0.943 bits per heavy atom. The van der Waals surface area contributed by atoms with Crippen LogP contribution in [0.2, 0.25) is 0 Å². The third-order valence-corrected chi connectivity index (χ3v) is 5.38. The molecule has 186 valence electrons. The fourth-order valence-corrected chi connectivity index (χ4v) is 3.73. The van der Waals surface area contributed by atoms with Gasteiger partial charge < -0.3 is 19.3 Å². The first kappa shape index (κ1) is 26.0. The highest BCUT2D eigenvalue weighted by Gasteiger charge is 2.19. The largest absolute Gasteiger partial charge is 0.497 e. The van der Waals surface area contributed by atoms with Gasteiger partial charge in [0.2, 0.25) is 0 Å². The molecule has 1 aromatic heterocycles. The molecule has 0 aliphatic heterocycles. The summed E-state index contributed by atoms with van der Waals surface area (Å²) in [4.78, 5) is 15.8. The highest BCUT2D eigenvalue weighted by molar-refractivity contribution is 5.68. The maximum absolute atomic E-state index is 14.7. The number of halogens is 1. The lowest BCUT2D eigenvalue weighted by atomic mass is 9.87. The number of ether oxygens (including phenoxy) is 3. The van der Waals surface area contributed by atoms with Crippen LogP contribution in [0.15, 0.2) is 48.5 Å². The molecular formula is C28H32FNO5. The van der Waals surface area contributed by atoms with Gasteiger partial charge in [-0.1, -0.05) is 26.8 Å². The number of aliphatic carboxylic acids is 1. The van der Waals surface area contributed by atoms with Crippen LogP contribution in [-0.4, -0.2) is 30.3 Å². The Labute approximate surface area is 205 Å². The predicted octanol–water partition coefficient (Wildman–Crippen LogP) is 6.09.